The quantitative estimate of drug-likeness (QED) is 0.837. The standard InChI is InChI=1S/C17H24N2O3/c1-2-22-17(21)14-9-6-10-19(12-14)16(20)15(11-18)13-7-4-3-5-8-13/h3-5,7-8,14-15H,2,6,9-12,18H2,1H3. The molecule has 2 unspecified atom stereocenters. The molecule has 2 N–H and O–H groups in total. The molecule has 0 saturated carbocycles. The minimum atomic E-state index is -0.345. The molecule has 0 bridgehead atoms. The Hall–Kier alpha value is -1.88. The first kappa shape index (κ1) is 16.5. The predicted molar refractivity (Wildman–Crippen MR) is 84.2 cm³/mol. The lowest BCUT2D eigenvalue weighted by atomic mass is 9.93. The van der Waals surface area contributed by atoms with Crippen LogP contribution in [0.4, 0.5) is 0 Å². The van der Waals surface area contributed by atoms with Crippen LogP contribution in [0.1, 0.15) is 31.2 Å². The molecule has 1 aromatic carbocycles. The van der Waals surface area contributed by atoms with Crippen molar-refractivity contribution in [2.75, 3.05) is 26.2 Å². The molecular weight excluding hydrogens is 280 g/mol. The summed E-state index contributed by atoms with van der Waals surface area (Å²) in [5, 5.41) is 0. The summed E-state index contributed by atoms with van der Waals surface area (Å²) in [6.07, 6.45) is 1.60. The van der Waals surface area contributed by atoms with E-state index in [2.05, 4.69) is 0 Å². The minimum Gasteiger partial charge on any atom is -0.466 e. The summed E-state index contributed by atoms with van der Waals surface area (Å²) in [5.41, 5.74) is 6.74. The van der Waals surface area contributed by atoms with Gasteiger partial charge in [-0.1, -0.05) is 30.3 Å². The second kappa shape index (κ2) is 7.94. The van der Waals surface area contributed by atoms with Crippen LogP contribution in [0.15, 0.2) is 30.3 Å². The predicted octanol–water partition coefficient (Wildman–Crippen LogP) is 1.53. The van der Waals surface area contributed by atoms with Crippen LogP contribution < -0.4 is 5.73 Å². The number of hydrogen-bond acceptors (Lipinski definition) is 4. The zero-order valence-electron chi connectivity index (χ0n) is 13.0. The average molecular weight is 304 g/mol. The number of carbonyl (C=O) groups excluding carboxylic acids is 2. The van der Waals surface area contributed by atoms with Crippen molar-refractivity contribution in [3.63, 3.8) is 0 Å². The number of likely N-dealkylation sites (tertiary alicyclic amines) is 1. The van der Waals surface area contributed by atoms with Crippen molar-refractivity contribution in [1.82, 2.24) is 4.90 Å². The maximum atomic E-state index is 12.7. The van der Waals surface area contributed by atoms with Gasteiger partial charge < -0.3 is 15.4 Å². The SMILES string of the molecule is CCOC(=O)C1CCCN(C(=O)C(CN)c2ccccc2)C1. The normalized spacial score (nSPS) is 19.5. The van der Waals surface area contributed by atoms with Gasteiger partial charge >= 0.3 is 5.97 Å². The molecule has 120 valence electrons. The second-order valence-electron chi connectivity index (χ2n) is 5.57. The number of amides is 1. The number of carbonyl (C=O) groups is 2. The van der Waals surface area contributed by atoms with Gasteiger partial charge in [0, 0.05) is 19.6 Å². The molecule has 1 saturated heterocycles. The van der Waals surface area contributed by atoms with E-state index < -0.39 is 0 Å². The fraction of sp³-hybridized carbons (Fsp3) is 0.529. The Morgan fingerprint density at radius 2 is 2.09 bits per heavy atom. The number of nitrogens with two attached hydrogens (primary N) is 1. The first-order valence-corrected chi connectivity index (χ1v) is 7.87. The minimum absolute atomic E-state index is 0.00250. The highest BCUT2D eigenvalue weighted by Crippen LogP contribution is 2.23. The highest BCUT2D eigenvalue weighted by atomic mass is 16.5. The molecule has 1 amide bonds. The molecular formula is C17H24N2O3. The molecule has 1 heterocycles. The first-order valence-electron chi connectivity index (χ1n) is 7.87. The number of ether oxygens (including phenoxy) is 1. The van der Waals surface area contributed by atoms with E-state index >= 15 is 0 Å². The molecule has 2 rings (SSSR count). The Labute approximate surface area is 131 Å². The summed E-state index contributed by atoms with van der Waals surface area (Å²) < 4.78 is 5.08. The van der Waals surface area contributed by atoms with Gasteiger partial charge in [-0.3, -0.25) is 9.59 Å². The Morgan fingerprint density at radius 3 is 2.73 bits per heavy atom. The summed E-state index contributed by atoms with van der Waals surface area (Å²) in [7, 11) is 0. The Bertz CT molecular complexity index is 504. The fourth-order valence-corrected chi connectivity index (χ4v) is 2.92. The van der Waals surface area contributed by atoms with Crippen LogP contribution in [0.5, 0.6) is 0 Å². The molecule has 1 fully saturated rings. The molecule has 0 aromatic heterocycles. The van der Waals surface area contributed by atoms with Crippen LogP contribution in [0, 0.1) is 5.92 Å². The highest BCUT2D eigenvalue weighted by molar-refractivity contribution is 5.85. The van der Waals surface area contributed by atoms with E-state index in [0.29, 0.717) is 19.7 Å². The second-order valence-corrected chi connectivity index (χ2v) is 5.57. The zero-order chi connectivity index (χ0) is 15.9. The summed E-state index contributed by atoms with van der Waals surface area (Å²) in [4.78, 5) is 26.4. The van der Waals surface area contributed by atoms with Crippen LogP contribution >= 0.6 is 0 Å². The van der Waals surface area contributed by atoms with Gasteiger partial charge in [0.25, 0.3) is 0 Å². The summed E-state index contributed by atoms with van der Waals surface area (Å²) in [6, 6.07) is 9.56. The largest absolute Gasteiger partial charge is 0.466 e. The van der Waals surface area contributed by atoms with Gasteiger partial charge in [0.1, 0.15) is 0 Å². The summed E-state index contributed by atoms with van der Waals surface area (Å²) in [6.45, 7) is 3.55. The molecule has 0 spiro atoms. The number of nitrogens with zero attached hydrogens (tertiary/aromatic N) is 1. The Kier molecular flexibility index (Phi) is 5.95. The summed E-state index contributed by atoms with van der Waals surface area (Å²) >= 11 is 0. The Balaban J connectivity index is 2.06. The molecule has 1 aromatic rings. The molecule has 1 aliphatic heterocycles. The number of benzene rings is 1. The van der Waals surface area contributed by atoms with Crippen molar-refractivity contribution in [3.8, 4) is 0 Å². The molecule has 0 aliphatic carbocycles. The van der Waals surface area contributed by atoms with Crippen molar-refractivity contribution in [3.05, 3.63) is 35.9 Å². The van der Waals surface area contributed by atoms with E-state index in [-0.39, 0.29) is 30.3 Å². The monoisotopic (exact) mass is 304 g/mol. The van der Waals surface area contributed by atoms with Gasteiger partial charge in [-0.15, -0.1) is 0 Å². The third-order valence-electron chi connectivity index (χ3n) is 4.09. The van der Waals surface area contributed by atoms with Gasteiger partial charge in [0.15, 0.2) is 0 Å². The van der Waals surface area contributed by atoms with Crippen LogP contribution in [-0.4, -0.2) is 43.0 Å². The number of hydrogen-bond donors (Lipinski definition) is 1. The Morgan fingerprint density at radius 1 is 1.36 bits per heavy atom. The van der Waals surface area contributed by atoms with Gasteiger partial charge in [-0.25, -0.2) is 0 Å². The lowest BCUT2D eigenvalue weighted by Gasteiger charge is -2.33. The van der Waals surface area contributed by atoms with E-state index in [9.17, 15) is 9.59 Å². The van der Waals surface area contributed by atoms with Gasteiger partial charge in [0.05, 0.1) is 18.4 Å². The van der Waals surface area contributed by atoms with Crippen LogP contribution in [0.3, 0.4) is 0 Å². The zero-order valence-corrected chi connectivity index (χ0v) is 13.0. The van der Waals surface area contributed by atoms with E-state index in [1.165, 1.54) is 0 Å². The van der Waals surface area contributed by atoms with Crippen LogP contribution in [-0.2, 0) is 14.3 Å². The number of piperidine rings is 1. The molecule has 0 radical (unpaired) electrons. The molecule has 5 nitrogen and oxygen atoms in total. The lowest BCUT2D eigenvalue weighted by molar-refractivity contribution is -0.151. The van der Waals surface area contributed by atoms with Crippen molar-refractivity contribution < 1.29 is 14.3 Å². The molecule has 22 heavy (non-hydrogen) atoms. The van der Waals surface area contributed by atoms with Crippen molar-refractivity contribution in [1.29, 1.82) is 0 Å². The smallest absolute Gasteiger partial charge is 0.310 e. The highest BCUT2D eigenvalue weighted by Gasteiger charge is 2.32. The third kappa shape index (κ3) is 3.85. The summed E-state index contributed by atoms with van der Waals surface area (Å²) in [5.74, 6) is -0.763. The van der Waals surface area contributed by atoms with Gasteiger partial charge in [0.2, 0.25) is 5.91 Å². The topological polar surface area (TPSA) is 72.6 Å². The first-order chi connectivity index (χ1) is 10.7. The van der Waals surface area contributed by atoms with Crippen molar-refractivity contribution >= 4 is 11.9 Å². The van der Waals surface area contributed by atoms with E-state index in [1.54, 1.807) is 11.8 Å². The maximum Gasteiger partial charge on any atom is 0.310 e. The molecule has 5 heteroatoms. The fourth-order valence-electron chi connectivity index (χ4n) is 2.92. The lowest BCUT2D eigenvalue weighted by Crippen LogP contribution is -2.45. The van der Waals surface area contributed by atoms with Gasteiger partial charge in [-0.05, 0) is 25.3 Å². The van der Waals surface area contributed by atoms with Crippen LogP contribution in [0.25, 0.3) is 0 Å². The average Bonchev–Trinajstić information content (AvgIpc) is 2.57. The van der Waals surface area contributed by atoms with Crippen molar-refractivity contribution in [2.24, 2.45) is 11.7 Å². The molecule has 1 aliphatic rings. The maximum absolute atomic E-state index is 12.7. The molecule has 2 atom stereocenters. The van der Waals surface area contributed by atoms with Crippen LogP contribution in [0.2, 0.25) is 0 Å². The van der Waals surface area contributed by atoms with E-state index in [0.717, 1.165) is 18.4 Å². The third-order valence-corrected chi connectivity index (χ3v) is 4.09. The van der Waals surface area contributed by atoms with E-state index in [1.807, 2.05) is 30.3 Å². The number of esters is 1. The van der Waals surface area contributed by atoms with Crippen molar-refractivity contribution in [2.45, 2.75) is 25.7 Å². The van der Waals surface area contributed by atoms with Gasteiger partial charge in [-0.2, -0.15) is 0 Å². The van der Waals surface area contributed by atoms with E-state index in [4.69, 9.17) is 10.5 Å². The number of rotatable bonds is 5.